The smallest absolute Gasteiger partial charge is 0.257 e. The summed E-state index contributed by atoms with van der Waals surface area (Å²) < 4.78 is 28.3. The number of carbonyl (C=O) groups excluding carboxylic acids is 1. The van der Waals surface area contributed by atoms with Crippen molar-refractivity contribution in [3.63, 3.8) is 0 Å². The van der Waals surface area contributed by atoms with Gasteiger partial charge in [-0.3, -0.25) is 4.79 Å². The highest BCUT2D eigenvalue weighted by Crippen LogP contribution is 2.23. The SMILES string of the molecule is Cc1ccc(OCC(=O)NCCC(C)C)c(S(N)(=O)=O)c1. The summed E-state index contributed by atoms with van der Waals surface area (Å²) in [6, 6.07) is 4.61. The molecule has 0 aliphatic carbocycles. The first kappa shape index (κ1) is 17.5. The Bertz CT molecular complexity index is 597. The largest absolute Gasteiger partial charge is 0.482 e. The third-order valence-corrected chi connectivity index (χ3v) is 3.74. The van der Waals surface area contributed by atoms with Crippen LogP contribution >= 0.6 is 0 Å². The van der Waals surface area contributed by atoms with E-state index in [-0.39, 0.29) is 23.2 Å². The van der Waals surface area contributed by atoms with Gasteiger partial charge in [0, 0.05) is 6.54 Å². The number of aryl methyl sites for hydroxylation is 1. The zero-order valence-electron chi connectivity index (χ0n) is 12.5. The number of hydrogen-bond donors (Lipinski definition) is 2. The molecule has 1 aromatic rings. The fourth-order valence-corrected chi connectivity index (χ4v) is 2.41. The molecule has 0 spiro atoms. The molecule has 6 nitrogen and oxygen atoms in total. The first-order chi connectivity index (χ1) is 9.70. The second-order valence-corrected chi connectivity index (χ2v) is 6.85. The van der Waals surface area contributed by atoms with E-state index in [9.17, 15) is 13.2 Å². The van der Waals surface area contributed by atoms with E-state index in [1.165, 1.54) is 12.1 Å². The summed E-state index contributed by atoms with van der Waals surface area (Å²) in [7, 11) is -3.89. The van der Waals surface area contributed by atoms with Crippen molar-refractivity contribution >= 4 is 15.9 Å². The summed E-state index contributed by atoms with van der Waals surface area (Å²) in [4.78, 5) is 11.5. The summed E-state index contributed by atoms with van der Waals surface area (Å²) in [5.74, 6) is 0.288. The summed E-state index contributed by atoms with van der Waals surface area (Å²) in [5.41, 5.74) is 0.743. The first-order valence-corrected chi connectivity index (χ1v) is 8.27. The molecule has 0 bridgehead atoms. The third kappa shape index (κ3) is 6.14. The van der Waals surface area contributed by atoms with Crippen LogP contribution in [0.2, 0.25) is 0 Å². The Morgan fingerprint density at radius 2 is 2.05 bits per heavy atom. The molecule has 7 heteroatoms. The minimum Gasteiger partial charge on any atom is -0.482 e. The van der Waals surface area contributed by atoms with Crippen LogP contribution in [0.4, 0.5) is 0 Å². The van der Waals surface area contributed by atoms with Crippen LogP contribution in [0.3, 0.4) is 0 Å². The molecule has 0 saturated carbocycles. The molecule has 0 aromatic heterocycles. The van der Waals surface area contributed by atoms with Crippen molar-refractivity contribution in [1.29, 1.82) is 0 Å². The van der Waals surface area contributed by atoms with Gasteiger partial charge in [0.2, 0.25) is 10.0 Å². The molecule has 1 rings (SSSR count). The van der Waals surface area contributed by atoms with Gasteiger partial charge in [-0.1, -0.05) is 19.9 Å². The van der Waals surface area contributed by atoms with Crippen molar-refractivity contribution in [2.45, 2.75) is 32.1 Å². The molecule has 0 fully saturated rings. The quantitative estimate of drug-likeness (QED) is 0.789. The summed E-state index contributed by atoms with van der Waals surface area (Å²) in [6.07, 6.45) is 0.874. The average Bonchev–Trinajstić information content (AvgIpc) is 2.35. The second-order valence-electron chi connectivity index (χ2n) is 5.32. The Morgan fingerprint density at radius 1 is 1.38 bits per heavy atom. The number of sulfonamides is 1. The zero-order chi connectivity index (χ0) is 16.0. The van der Waals surface area contributed by atoms with E-state index in [2.05, 4.69) is 19.2 Å². The molecule has 0 aliphatic rings. The number of nitrogens with two attached hydrogens (primary N) is 1. The lowest BCUT2D eigenvalue weighted by Crippen LogP contribution is -2.30. The fraction of sp³-hybridized carbons (Fsp3) is 0.500. The molecular weight excluding hydrogens is 292 g/mol. The third-order valence-electron chi connectivity index (χ3n) is 2.81. The van der Waals surface area contributed by atoms with Gasteiger partial charge in [0.1, 0.15) is 10.6 Å². The summed E-state index contributed by atoms with van der Waals surface area (Å²) >= 11 is 0. The highest BCUT2D eigenvalue weighted by molar-refractivity contribution is 7.89. The van der Waals surface area contributed by atoms with E-state index in [0.717, 1.165) is 12.0 Å². The number of ether oxygens (including phenoxy) is 1. The Labute approximate surface area is 125 Å². The Balaban J connectivity index is 2.66. The van der Waals surface area contributed by atoms with Gasteiger partial charge in [0.15, 0.2) is 6.61 Å². The van der Waals surface area contributed by atoms with Gasteiger partial charge in [-0.2, -0.15) is 0 Å². The van der Waals surface area contributed by atoms with Crippen molar-refractivity contribution in [2.24, 2.45) is 11.1 Å². The summed E-state index contributed by atoms with van der Waals surface area (Å²) in [6.45, 7) is 6.19. The van der Waals surface area contributed by atoms with Crippen molar-refractivity contribution in [1.82, 2.24) is 5.32 Å². The molecule has 1 aromatic carbocycles. The van der Waals surface area contributed by atoms with Gasteiger partial charge in [-0.15, -0.1) is 0 Å². The lowest BCUT2D eigenvalue weighted by atomic mass is 10.1. The Morgan fingerprint density at radius 3 is 2.62 bits per heavy atom. The minimum atomic E-state index is -3.89. The standard InChI is InChI=1S/C14H22N2O4S/c1-10(2)6-7-16-14(17)9-20-12-5-4-11(3)8-13(12)21(15,18)19/h4-5,8,10H,6-7,9H2,1-3H3,(H,16,17)(H2,15,18,19). The fourth-order valence-electron chi connectivity index (χ4n) is 1.65. The molecule has 0 unspecified atom stereocenters. The topological polar surface area (TPSA) is 98.5 Å². The highest BCUT2D eigenvalue weighted by Gasteiger charge is 2.16. The Kier molecular flexibility index (Phi) is 6.17. The molecule has 0 heterocycles. The number of hydrogen-bond acceptors (Lipinski definition) is 4. The van der Waals surface area contributed by atoms with E-state index in [1.54, 1.807) is 13.0 Å². The second kappa shape index (κ2) is 7.42. The van der Waals surface area contributed by atoms with Gasteiger partial charge < -0.3 is 10.1 Å². The molecule has 0 saturated heterocycles. The minimum absolute atomic E-state index is 0.0853. The average molecular weight is 314 g/mol. The monoisotopic (exact) mass is 314 g/mol. The number of carbonyl (C=O) groups is 1. The maximum absolute atomic E-state index is 11.6. The van der Waals surface area contributed by atoms with Crippen molar-refractivity contribution in [3.8, 4) is 5.75 Å². The molecule has 3 N–H and O–H groups in total. The van der Waals surface area contributed by atoms with Gasteiger partial charge in [0.25, 0.3) is 5.91 Å². The van der Waals surface area contributed by atoms with Crippen molar-refractivity contribution < 1.29 is 17.9 Å². The predicted octanol–water partition coefficient (Wildman–Crippen LogP) is 1.18. The van der Waals surface area contributed by atoms with E-state index >= 15 is 0 Å². The number of nitrogens with one attached hydrogen (secondary N) is 1. The van der Waals surface area contributed by atoms with Gasteiger partial charge in [-0.05, 0) is 37.0 Å². The van der Waals surface area contributed by atoms with Crippen LogP contribution in [0.25, 0.3) is 0 Å². The molecule has 0 aliphatic heterocycles. The van der Waals surface area contributed by atoms with Crippen LogP contribution in [0.15, 0.2) is 23.1 Å². The van der Waals surface area contributed by atoms with E-state index in [0.29, 0.717) is 12.5 Å². The van der Waals surface area contributed by atoms with Gasteiger partial charge in [0.05, 0.1) is 0 Å². The van der Waals surface area contributed by atoms with Crippen LogP contribution in [-0.4, -0.2) is 27.5 Å². The van der Waals surface area contributed by atoms with E-state index in [4.69, 9.17) is 9.88 Å². The molecule has 21 heavy (non-hydrogen) atoms. The number of benzene rings is 1. The molecule has 0 radical (unpaired) electrons. The number of amides is 1. The van der Waals surface area contributed by atoms with Crippen LogP contribution in [-0.2, 0) is 14.8 Å². The van der Waals surface area contributed by atoms with Gasteiger partial charge in [-0.25, -0.2) is 13.6 Å². The van der Waals surface area contributed by atoms with E-state index < -0.39 is 10.0 Å². The molecule has 118 valence electrons. The number of primary sulfonamides is 1. The maximum Gasteiger partial charge on any atom is 0.257 e. The Hall–Kier alpha value is -1.60. The molecule has 1 amide bonds. The lowest BCUT2D eigenvalue weighted by Gasteiger charge is -2.11. The van der Waals surface area contributed by atoms with Gasteiger partial charge >= 0.3 is 0 Å². The zero-order valence-corrected chi connectivity index (χ0v) is 13.4. The summed E-state index contributed by atoms with van der Waals surface area (Å²) in [5, 5.41) is 7.85. The lowest BCUT2D eigenvalue weighted by molar-refractivity contribution is -0.123. The molecule has 0 atom stereocenters. The normalized spacial score (nSPS) is 11.5. The van der Waals surface area contributed by atoms with Crippen LogP contribution in [0.5, 0.6) is 5.75 Å². The predicted molar refractivity (Wildman–Crippen MR) is 80.5 cm³/mol. The van der Waals surface area contributed by atoms with Crippen LogP contribution in [0, 0.1) is 12.8 Å². The van der Waals surface area contributed by atoms with Crippen molar-refractivity contribution in [3.05, 3.63) is 23.8 Å². The van der Waals surface area contributed by atoms with Crippen LogP contribution in [0.1, 0.15) is 25.8 Å². The maximum atomic E-state index is 11.6. The van der Waals surface area contributed by atoms with E-state index in [1.807, 2.05) is 0 Å². The van der Waals surface area contributed by atoms with Crippen molar-refractivity contribution in [2.75, 3.05) is 13.2 Å². The highest BCUT2D eigenvalue weighted by atomic mass is 32.2. The van der Waals surface area contributed by atoms with Crippen LogP contribution < -0.4 is 15.2 Å². The first-order valence-electron chi connectivity index (χ1n) is 6.73. The molecular formula is C14H22N2O4S. The number of rotatable bonds is 7.